The largest absolute Gasteiger partial charge is 0.256 e. The zero-order valence-corrected chi connectivity index (χ0v) is 11.5. The van der Waals surface area contributed by atoms with Crippen molar-refractivity contribution in [1.29, 1.82) is 5.26 Å². The second-order valence-corrected chi connectivity index (χ2v) is 4.93. The number of benzene rings is 1. The van der Waals surface area contributed by atoms with Crippen LogP contribution in [-0.2, 0) is 6.54 Å². The van der Waals surface area contributed by atoms with Crippen molar-refractivity contribution >= 4 is 22.1 Å². The normalized spacial score (nSPS) is 10.9. The topological polar surface area (TPSA) is 80.3 Å². The van der Waals surface area contributed by atoms with Crippen LogP contribution in [0.15, 0.2) is 48.7 Å². The summed E-state index contributed by atoms with van der Waals surface area (Å²) in [5.41, 5.74) is 3.70. The Bertz CT molecular complexity index is 1030. The van der Waals surface area contributed by atoms with Gasteiger partial charge in [0.15, 0.2) is 5.65 Å². The van der Waals surface area contributed by atoms with E-state index in [1.165, 1.54) is 0 Å². The van der Waals surface area contributed by atoms with Crippen LogP contribution in [0.25, 0.3) is 22.1 Å². The van der Waals surface area contributed by atoms with Gasteiger partial charge in [-0.05, 0) is 35.9 Å². The third-order valence-electron chi connectivity index (χ3n) is 3.47. The molecule has 3 aromatic heterocycles. The minimum Gasteiger partial charge on any atom is -0.256 e. The molecule has 0 spiro atoms. The molecule has 0 saturated heterocycles. The van der Waals surface area contributed by atoms with Crippen molar-refractivity contribution in [2.45, 2.75) is 6.54 Å². The quantitative estimate of drug-likeness (QED) is 0.565. The third kappa shape index (κ3) is 2.05. The molecule has 0 unspecified atom stereocenters. The molecule has 0 aliphatic rings. The summed E-state index contributed by atoms with van der Waals surface area (Å²) in [7, 11) is 0. The lowest BCUT2D eigenvalue weighted by molar-refractivity contribution is 0.664. The summed E-state index contributed by atoms with van der Waals surface area (Å²) in [6.45, 7) is 0.545. The Hall–Kier alpha value is -3.33. The lowest BCUT2D eigenvalue weighted by Crippen LogP contribution is -2.03. The van der Waals surface area contributed by atoms with Gasteiger partial charge in [0.2, 0.25) is 0 Å². The summed E-state index contributed by atoms with van der Waals surface area (Å²) in [6.07, 6.45) is 1.78. The molecule has 0 N–H and O–H groups in total. The fourth-order valence-electron chi connectivity index (χ4n) is 2.42. The molecule has 4 rings (SSSR count). The van der Waals surface area contributed by atoms with Crippen molar-refractivity contribution in [2.24, 2.45) is 0 Å². The minimum absolute atomic E-state index is 0.360. The van der Waals surface area contributed by atoms with E-state index < -0.39 is 0 Å². The van der Waals surface area contributed by atoms with E-state index in [9.17, 15) is 0 Å². The van der Waals surface area contributed by atoms with E-state index in [-0.39, 0.29) is 0 Å². The smallest absolute Gasteiger partial charge is 0.180 e. The number of hydrogen-bond donors (Lipinski definition) is 0. The molecule has 6 heteroatoms. The lowest BCUT2D eigenvalue weighted by atomic mass is 10.1. The number of rotatable bonds is 2. The minimum atomic E-state index is 0.360. The number of hydrogen-bond acceptors (Lipinski definition) is 5. The molecule has 6 nitrogen and oxygen atoms in total. The second-order valence-electron chi connectivity index (χ2n) is 4.93. The van der Waals surface area contributed by atoms with Gasteiger partial charge in [0.25, 0.3) is 0 Å². The van der Waals surface area contributed by atoms with Gasteiger partial charge in [0.1, 0.15) is 17.3 Å². The summed E-state index contributed by atoms with van der Waals surface area (Å²) in [5, 5.41) is 18.2. The first-order valence-electron chi connectivity index (χ1n) is 6.77. The van der Waals surface area contributed by atoms with Gasteiger partial charge in [0.05, 0.1) is 12.1 Å². The molecule has 1 aromatic carbocycles. The second kappa shape index (κ2) is 4.90. The number of aromatic nitrogens is 5. The fourth-order valence-corrected chi connectivity index (χ4v) is 2.42. The molecular weight excluding hydrogens is 276 g/mol. The van der Waals surface area contributed by atoms with Crippen LogP contribution < -0.4 is 0 Å². The van der Waals surface area contributed by atoms with Crippen molar-refractivity contribution in [1.82, 2.24) is 25.0 Å². The van der Waals surface area contributed by atoms with Gasteiger partial charge >= 0.3 is 0 Å². The Labute approximate surface area is 125 Å². The maximum absolute atomic E-state index is 8.96. The fraction of sp³-hybridized carbons (Fsp3) is 0.0625. The predicted octanol–water partition coefficient (Wildman–Crippen LogP) is 2.29. The maximum atomic E-state index is 8.96. The van der Waals surface area contributed by atoms with Crippen LogP contribution in [0.1, 0.15) is 11.3 Å². The van der Waals surface area contributed by atoms with Crippen molar-refractivity contribution in [3.63, 3.8) is 0 Å². The van der Waals surface area contributed by atoms with Crippen molar-refractivity contribution in [2.75, 3.05) is 0 Å². The SMILES string of the molecule is N#Cc1ccc2nnn(Cc3ccc4ncccc4c3)c2n1. The van der Waals surface area contributed by atoms with E-state index >= 15 is 0 Å². The Morgan fingerprint density at radius 2 is 2.00 bits per heavy atom. The highest BCUT2D eigenvalue weighted by Gasteiger charge is 2.08. The molecule has 0 aliphatic heterocycles. The Morgan fingerprint density at radius 3 is 2.91 bits per heavy atom. The van der Waals surface area contributed by atoms with Crippen molar-refractivity contribution < 1.29 is 0 Å². The molecular formula is C16H10N6. The first-order chi connectivity index (χ1) is 10.8. The first kappa shape index (κ1) is 12.4. The third-order valence-corrected chi connectivity index (χ3v) is 3.47. The van der Waals surface area contributed by atoms with Crippen LogP contribution in [0, 0.1) is 11.3 Å². The lowest BCUT2D eigenvalue weighted by Gasteiger charge is -2.04. The highest BCUT2D eigenvalue weighted by Crippen LogP contribution is 2.16. The van der Waals surface area contributed by atoms with Crippen molar-refractivity contribution in [3.05, 3.63) is 59.9 Å². The van der Waals surface area contributed by atoms with Crippen molar-refractivity contribution in [3.8, 4) is 6.07 Å². The molecule has 0 amide bonds. The predicted molar refractivity (Wildman–Crippen MR) is 80.9 cm³/mol. The number of nitrogens with zero attached hydrogens (tertiary/aromatic N) is 6. The van der Waals surface area contributed by atoms with Gasteiger partial charge in [-0.2, -0.15) is 5.26 Å². The highest BCUT2D eigenvalue weighted by atomic mass is 15.4. The van der Waals surface area contributed by atoms with Gasteiger partial charge in [-0.25, -0.2) is 9.67 Å². The number of nitriles is 1. The van der Waals surface area contributed by atoms with Gasteiger partial charge in [-0.3, -0.25) is 4.98 Å². The zero-order valence-electron chi connectivity index (χ0n) is 11.5. The molecule has 104 valence electrons. The molecule has 0 radical (unpaired) electrons. The molecule has 0 atom stereocenters. The van der Waals surface area contributed by atoms with Gasteiger partial charge in [0, 0.05) is 11.6 Å². The maximum Gasteiger partial charge on any atom is 0.180 e. The van der Waals surface area contributed by atoms with Gasteiger partial charge in [-0.15, -0.1) is 5.10 Å². The van der Waals surface area contributed by atoms with E-state index in [1.807, 2.05) is 30.3 Å². The zero-order chi connectivity index (χ0) is 14.9. The van der Waals surface area contributed by atoms with Gasteiger partial charge < -0.3 is 0 Å². The first-order valence-corrected chi connectivity index (χ1v) is 6.77. The van der Waals surface area contributed by atoms with E-state index in [1.54, 1.807) is 23.0 Å². The van der Waals surface area contributed by atoms with Crippen LogP contribution in [0.3, 0.4) is 0 Å². The average molecular weight is 286 g/mol. The van der Waals surface area contributed by atoms with Crippen LogP contribution in [0.2, 0.25) is 0 Å². The highest BCUT2D eigenvalue weighted by molar-refractivity contribution is 5.79. The summed E-state index contributed by atoms with van der Waals surface area (Å²) >= 11 is 0. The van der Waals surface area contributed by atoms with Crippen LogP contribution in [0.5, 0.6) is 0 Å². The van der Waals surface area contributed by atoms with E-state index in [0.29, 0.717) is 23.4 Å². The number of pyridine rings is 2. The van der Waals surface area contributed by atoms with E-state index in [2.05, 4.69) is 26.3 Å². The average Bonchev–Trinajstić information content (AvgIpc) is 2.97. The Balaban J connectivity index is 1.77. The summed E-state index contributed by atoms with van der Waals surface area (Å²) in [6, 6.07) is 15.4. The van der Waals surface area contributed by atoms with Crippen LogP contribution in [-0.4, -0.2) is 25.0 Å². The summed E-state index contributed by atoms with van der Waals surface area (Å²) in [5.74, 6) is 0. The van der Waals surface area contributed by atoms with Gasteiger partial charge in [-0.1, -0.05) is 17.3 Å². The summed E-state index contributed by atoms with van der Waals surface area (Å²) < 4.78 is 1.70. The summed E-state index contributed by atoms with van der Waals surface area (Å²) in [4.78, 5) is 8.59. The Kier molecular flexibility index (Phi) is 2.76. The molecule has 3 heterocycles. The Morgan fingerprint density at radius 1 is 1.09 bits per heavy atom. The number of fused-ring (bicyclic) bond motifs is 2. The van der Waals surface area contributed by atoms with Crippen LogP contribution >= 0.6 is 0 Å². The van der Waals surface area contributed by atoms with Crippen LogP contribution in [0.4, 0.5) is 0 Å². The molecule has 0 saturated carbocycles. The monoisotopic (exact) mass is 286 g/mol. The molecule has 22 heavy (non-hydrogen) atoms. The van der Waals surface area contributed by atoms with E-state index in [4.69, 9.17) is 5.26 Å². The molecule has 4 aromatic rings. The molecule has 0 aliphatic carbocycles. The van der Waals surface area contributed by atoms with E-state index in [0.717, 1.165) is 16.5 Å². The molecule has 0 bridgehead atoms. The standard InChI is InChI=1S/C16H10N6/c17-9-13-4-6-15-16(19-13)22(21-20-15)10-11-3-5-14-12(8-11)2-1-7-18-14/h1-8H,10H2. The molecule has 0 fully saturated rings.